The third-order valence-corrected chi connectivity index (χ3v) is 4.55. The summed E-state index contributed by atoms with van der Waals surface area (Å²) in [5.41, 5.74) is 1.74. The van der Waals surface area contributed by atoms with E-state index in [4.69, 9.17) is 0 Å². The highest BCUT2D eigenvalue weighted by Gasteiger charge is 2.43. The number of benzene rings is 1. The maximum absolute atomic E-state index is 12.9. The van der Waals surface area contributed by atoms with Gasteiger partial charge in [0.15, 0.2) is 0 Å². The first-order valence-electron chi connectivity index (χ1n) is 7.32. The second-order valence-corrected chi connectivity index (χ2v) is 6.59. The summed E-state index contributed by atoms with van der Waals surface area (Å²) in [5, 5.41) is 3.85. The molecule has 1 aliphatic rings. The molecule has 2 aromatic rings. The van der Waals surface area contributed by atoms with Crippen molar-refractivity contribution in [2.45, 2.75) is 24.3 Å². The van der Waals surface area contributed by atoms with E-state index in [9.17, 15) is 9.18 Å². The zero-order valence-electron chi connectivity index (χ0n) is 12.3. The molecule has 3 rings (SSSR count). The molecule has 1 amide bonds. The summed E-state index contributed by atoms with van der Waals surface area (Å²) in [6.07, 6.45) is 2.50. The Balaban J connectivity index is 1.58. The first-order chi connectivity index (χ1) is 10.7. The Labute approximate surface area is 133 Å². The van der Waals surface area contributed by atoms with Crippen LogP contribution in [0.3, 0.4) is 0 Å². The number of anilines is 1. The molecule has 0 radical (unpaired) electrons. The second-order valence-electron chi connectivity index (χ2n) is 5.31. The first kappa shape index (κ1) is 15.0. The van der Waals surface area contributed by atoms with Gasteiger partial charge in [0.25, 0.3) is 0 Å². The van der Waals surface area contributed by atoms with Crippen LogP contribution in [0.15, 0.2) is 47.6 Å². The monoisotopic (exact) mass is 316 g/mol. The van der Waals surface area contributed by atoms with Gasteiger partial charge in [0.2, 0.25) is 5.91 Å². The average Bonchev–Trinajstić information content (AvgIpc) is 3.31. The van der Waals surface area contributed by atoms with Crippen LogP contribution in [0, 0.1) is 11.7 Å². The molecule has 1 N–H and O–H groups in total. The molecule has 22 heavy (non-hydrogen) atoms. The third-order valence-electron chi connectivity index (χ3n) is 3.72. The molecular formula is C17H17FN2OS. The number of amides is 1. The van der Waals surface area contributed by atoms with E-state index in [-0.39, 0.29) is 23.6 Å². The summed E-state index contributed by atoms with van der Waals surface area (Å²) in [6, 6.07) is 10.2. The number of carbonyl (C=O) groups excluding carboxylic acids is 1. The number of nitrogens with zero attached hydrogens (tertiary/aromatic N) is 1. The Morgan fingerprint density at radius 3 is 2.73 bits per heavy atom. The number of pyridine rings is 1. The SMILES string of the molecule is CCSc1ccc(NC(=O)[C@@H]2C[C@@H]2c2ccc(F)cc2)cn1. The maximum Gasteiger partial charge on any atom is 0.228 e. The van der Waals surface area contributed by atoms with Crippen LogP contribution in [0.2, 0.25) is 0 Å². The van der Waals surface area contributed by atoms with Gasteiger partial charge in [-0.15, -0.1) is 11.8 Å². The van der Waals surface area contributed by atoms with Gasteiger partial charge in [0.1, 0.15) is 5.82 Å². The minimum Gasteiger partial charge on any atom is -0.324 e. The molecule has 0 aliphatic heterocycles. The number of aromatic nitrogens is 1. The van der Waals surface area contributed by atoms with Crippen LogP contribution in [0.1, 0.15) is 24.8 Å². The number of hydrogen-bond acceptors (Lipinski definition) is 3. The molecule has 1 saturated carbocycles. The highest BCUT2D eigenvalue weighted by atomic mass is 32.2. The summed E-state index contributed by atoms with van der Waals surface area (Å²) in [4.78, 5) is 16.5. The van der Waals surface area contributed by atoms with E-state index in [0.717, 1.165) is 28.5 Å². The van der Waals surface area contributed by atoms with E-state index in [2.05, 4.69) is 17.2 Å². The average molecular weight is 316 g/mol. The molecule has 1 fully saturated rings. The standard InChI is InChI=1S/C17H17FN2OS/c1-2-22-16-8-7-13(10-19-16)20-17(21)15-9-14(15)11-3-5-12(18)6-4-11/h3-8,10,14-15H,2,9H2,1H3,(H,20,21)/t14-,15-/m1/s1. The van der Waals surface area contributed by atoms with Crippen LogP contribution in [0.25, 0.3) is 0 Å². The normalized spacial score (nSPS) is 19.7. The maximum atomic E-state index is 12.9. The molecule has 3 nitrogen and oxygen atoms in total. The van der Waals surface area contributed by atoms with Gasteiger partial charge in [-0.2, -0.15) is 0 Å². The molecular weight excluding hydrogens is 299 g/mol. The Morgan fingerprint density at radius 1 is 1.32 bits per heavy atom. The lowest BCUT2D eigenvalue weighted by Crippen LogP contribution is -2.14. The molecule has 0 unspecified atom stereocenters. The Bertz CT molecular complexity index is 657. The fourth-order valence-corrected chi connectivity index (χ4v) is 3.07. The van der Waals surface area contributed by atoms with Gasteiger partial charge in [-0.25, -0.2) is 9.37 Å². The molecule has 1 heterocycles. The van der Waals surface area contributed by atoms with Crippen molar-refractivity contribution in [3.05, 3.63) is 54.0 Å². The van der Waals surface area contributed by atoms with Crippen molar-refractivity contribution in [2.75, 3.05) is 11.1 Å². The lowest BCUT2D eigenvalue weighted by Gasteiger charge is -2.05. The van der Waals surface area contributed by atoms with Gasteiger partial charge in [-0.3, -0.25) is 4.79 Å². The zero-order chi connectivity index (χ0) is 15.5. The molecule has 114 valence electrons. The topological polar surface area (TPSA) is 42.0 Å². The van der Waals surface area contributed by atoms with Crippen LogP contribution in [0.5, 0.6) is 0 Å². The Morgan fingerprint density at radius 2 is 2.09 bits per heavy atom. The van der Waals surface area contributed by atoms with E-state index in [1.54, 1.807) is 30.1 Å². The highest BCUT2D eigenvalue weighted by Crippen LogP contribution is 2.47. The van der Waals surface area contributed by atoms with Gasteiger partial charge in [0, 0.05) is 5.92 Å². The molecule has 1 aromatic carbocycles. The van der Waals surface area contributed by atoms with Crippen molar-refractivity contribution in [2.24, 2.45) is 5.92 Å². The van der Waals surface area contributed by atoms with Crippen molar-refractivity contribution < 1.29 is 9.18 Å². The number of nitrogens with one attached hydrogen (secondary N) is 1. The van der Waals surface area contributed by atoms with Crippen LogP contribution in [-0.2, 0) is 4.79 Å². The van der Waals surface area contributed by atoms with E-state index < -0.39 is 0 Å². The lowest BCUT2D eigenvalue weighted by molar-refractivity contribution is -0.117. The largest absolute Gasteiger partial charge is 0.324 e. The van der Waals surface area contributed by atoms with E-state index >= 15 is 0 Å². The molecule has 5 heteroatoms. The smallest absolute Gasteiger partial charge is 0.228 e. The molecule has 1 aromatic heterocycles. The minimum absolute atomic E-state index is 0.00650. The molecule has 0 bridgehead atoms. The molecule has 1 aliphatic carbocycles. The van der Waals surface area contributed by atoms with E-state index in [0.29, 0.717) is 0 Å². The fourth-order valence-electron chi connectivity index (χ4n) is 2.49. The quantitative estimate of drug-likeness (QED) is 0.845. The highest BCUT2D eigenvalue weighted by molar-refractivity contribution is 7.99. The predicted molar refractivity (Wildman–Crippen MR) is 86.5 cm³/mol. The van der Waals surface area contributed by atoms with E-state index in [1.165, 1.54) is 12.1 Å². The van der Waals surface area contributed by atoms with Gasteiger partial charge >= 0.3 is 0 Å². The first-order valence-corrected chi connectivity index (χ1v) is 8.31. The number of carbonyl (C=O) groups is 1. The van der Waals surface area contributed by atoms with Gasteiger partial charge in [-0.1, -0.05) is 19.1 Å². The van der Waals surface area contributed by atoms with Crippen molar-refractivity contribution in [1.82, 2.24) is 4.98 Å². The predicted octanol–water partition coefficient (Wildman–Crippen LogP) is 4.07. The Kier molecular flexibility index (Phi) is 4.43. The number of hydrogen-bond donors (Lipinski definition) is 1. The van der Waals surface area contributed by atoms with Crippen LogP contribution in [-0.4, -0.2) is 16.6 Å². The summed E-state index contributed by atoms with van der Waals surface area (Å²) in [7, 11) is 0. The fraction of sp³-hybridized carbons (Fsp3) is 0.294. The summed E-state index contributed by atoms with van der Waals surface area (Å²) in [5.74, 6) is 0.896. The van der Waals surface area contributed by atoms with Crippen molar-refractivity contribution in [3.63, 3.8) is 0 Å². The summed E-state index contributed by atoms with van der Waals surface area (Å²) >= 11 is 1.67. The van der Waals surface area contributed by atoms with Crippen molar-refractivity contribution in [1.29, 1.82) is 0 Å². The third kappa shape index (κ3) is 3.47. The van der Waals surface area contributed by atoms with Crippen molar-refractivity contribution >= 4 is 23.4 Å². The minimum atomic E-state index is -0.249. The molecule has 0 saturated heterocycles. The number of thioether (sulfide) groups is 1. The summed E-state index contributed by atoms with van der Waals surface area (Å²) in [6.45, 7) is 2.07. The zero-order valence-corrected chi connectivity index (χ0v) is 13.1. The van der Waals surface area contributed by atoms with Crippen LogP contribution < -0.4 is 5.32 Å². The van der Waals surface area contributed by atoms with Crippen LogP contribution in [0.4, 0.5) is 10.1 Å². The summed E-state index contributed by atoms with van der Waals surface area (Å²) < 4.78 is 12.9. The van der Waals surface area contributed by atoms with E-state index in [1.807, 2.05) is 12.1 Å². The second kappa shape index (κ2) is 6.48. The lowest BCUT2D eigenvalue weighted by atomic mass is 10.1. The number of halogens is 1. The molecule has 2 atom stereocenters. The van der Waals surface area contributed by atoms with Gasteiger partial charge in [0.05, 0.1) is 16.9 Å². The Hall–Kier alpha value is -1.88. The van der Waals surface area contributed by atoms with Gasteiger partial charge in [-0.05, 0) is 47.9 Å². The van der Waals surface area contributed by atoms with Gasteiger partial charge < -0.3 is 5.32 Å². The molecule has 0 spiro atoms. The number of rotatable bonds is 5. The van der Waals surface area contributed by atoms with Crippen LogP contribution >= 0.6 is 11.8 Å². The van der Waals surface area contributed by atoms with Crippen molar-refractivity contribution in [3.8, 4) is 0 Å².